The van der Waals surface area contributed by atoms with Crippen LogP contribution in [0.4, 0.5) is 10.5 Å². The second-order valence-electron chi connectivity index (χ2n) is 6.28. The molecule has 2 N–H and O–H groups in total. The maximum absolute atomic E-state index is 12.6. The van der Waals surface area contributed by atoms with Gasteiger partial charge in [-0.05, 0) is 18.6 Å². The molecule has 144 valence electrons. The summed E-state index contributed by atoms with van der Waals surface area (Å²) in [5, 5.41) is 9.77. The van der Waals surface area contributed by atoms with Crippen LogP contribution >= 0.6 is 0 Å². The Morgan fingerprint density at radius 2 is 2.11 bits per heavy atom. The maximum Gasteiger partial charge on any atom is 0.322 e. The van der Waals surface area contributed by atoms with Crippen LogP contribution in [0.2, 0.25) is 0 Å². The number of morpholine rings is 1. The van der Waals surface area contributed by atoms with Crippen molar-refractivity contribution < 1.29 is 14.3 Å². The molecule has 0 saturated carbocycles. The lowest BCUT2D eigenvalue weighted by molar-refractivity contribution is -0.123. The zero-order valence-electron chi connectivity index (χ0n) is 15.1. The number of rotatable bonds is 7. The molecule has 1 fully saturated rings. The monoisotopic (exact) mass is 372 g/mol. The SMILES string of the molecule is O=C(CC1COCCN1C(=O)Nc1ccccc1)NCCCn1cncn1. The highest BCUT2D eigenvalue weighted by Crippen LogP contribution is 2.14. The van der Waals surface area contributed by atoms with Crippen molar-refractivity contribution in [2.45, 2.75) is 25.4 Å². The van der Waals surface area contributed by atoms with Crippen LogP contribution < -0.4 is 10.6 Å². The van der Waals surface area contributed by atoms with E-state index >= 15 is 0 Å². The van der Waals surface area contributed by atoms with Crippen LogP contribution in [0.25, 0.3) is 0 Å². The number of urea groups is 1. The number of carbonyl (C=O) groups excluding carboxylic acids is 2. The Morgan fingerprint density at radius 1 is 1.26 bits per heavy atom. The van der Waals surface area contributed by atoms with Gasteiger partial charge in [-0.1, -0.05) is 18.2 Å². The summed E-state index contributed by atoms with van der Waals surface area (Å²) in [7, 11) is 0. The van der Waals surface area contributed by atoms with E-state index in [2.05, 4.69) is 20.7 Å². The molecule has 0 spiro atoms. The van der Waals surface area contributed by atoms with Gasteiger partial charge in [-0.2, -0.15) is 5.10 Å². The van der Waals surface area contributed by atoms with Crippen molar-refractivity contribution in [3.05, 3.63) is 43.0 Å². The molecule has 2 aromatic rings. The number of amides is 3. The zero-order valence-corrected chi connectivity index (χ0v) is 15.1. The van der Waals surface area contributed by atoms with E-state index in [1.807, 2.05) is 30.3 Å². The fourth-order valence-corrected chi connectivity index (χ4v) is 2.91. The van der Waals surface area contributed by atoms with Crippen LogP contribution in [0, 0.1) is 0 Å². The van der Waals surface area contributed by atoms with E-state index < -0.39 is 0 Å². The first-order valence-corrected chi connectivity index (χ1v) is 9.02. The Labute approximate surface area is 157 Å². The largest absolute Gasteiger partial charge is 0.377 e. The Morgan fingerprint density at radius 3 is 2.89 bits per heavy atom. The van der Waals surface area contributed by atoms with E-state index in [1.54, 1.807) is 15.9 Å². The van der Waals surface area contributed by atoms with Gasteiger partial charge >= 0.3 is 6.03 Å². The number of hydrogen-bond donors (Lipinski definition) is 2. The standard InChI is InChI=1S/C18H24N6O3/c25-17(20-7-4-8-23-14-19-13-21-23)11-16-12-27-10-9-24(16)18(26)22-15-5-2-1-3-6-15/h1-3,5-6,13-14,16H,4,7-12H2,(H,20,25)(H,22,26). The van der Waals surface area contributed by atoms with E-state index in [0.29, 0.717) is 32.8 Å². The van der Waals surface area contributed by atoms with E-state index in [0.717, 1.165) is 12.1 Å². The van der Waals surface area contributed by atoms with Crippen LogP contribution in [0.15, 0.2) is 43.0 Å². The Hall–Kier alpha value is -2.94. The van der Waals surface area contributed by atoms with E-state index in [1.165, 1.54) is 6.33 Å². The predicted octanol–water partition coefficient (Wildman–Crippen LogP) is 1.11. The Bertz CT molecular complexity index is 722. The van der Waals surface area contributed by atoms with Gasteiger partial charge in [0.05, 0.1) is 19.3 Å². The highest BCUT2D eigenvalue weighted by molar-refractivity contribution is 5.90. The quantitative estimate of drug-likeness (QED) is 0.709. The fraction of sp³-hybridized carbons (Fsp3) is 0.444. The first-order valence-electron chi connectivity index (χ1n) is 9.02. The highest BCUT2D eigenvalue weighted by Gasteiger charge is 2.29. The zero-order chi connectivity index (χ0) is 18.9. The second-order valence-corrected chi connectivity index (χ2v) is 6.28. The number of anilines is 1. The summed E-state index contributed by atoms with van der Waals surface area (Å²) < 4.78 is 7.19. The summed E-state index contributed by atoms with van der Waals surface area (Å²) in [5.41, 5.74) is 0.727. The van der Waals surface area contributed by atoms with Crippen LogP contribution in [-0.4, -0.2) is 63.9 Å². The summed E-state index contributed by atoms with van der Waals surface area (Å²) >= 11 is 0. The second kappa shape index (κ2) is 9.67. The van der Waals surface area contributed by atoms with E-state index in [-0.39, 0.29) is 24.4 Å². The third kappa shape index (κ3) is 5.78. The van der Waals surface area contributed by atoms with Gasteiger partial charge in [0, 0.05) is 31.7 Å². The number of aromatic nitrogens is 3. The van der Waals surface area contributed by atoms with Gasteiger partial charge in [0.15, 0.2) is 0 Å². The molecule has 1 aliphatic heterocycles. The third-order valence-corrected chi connectivity index (χ3v) is 4.29. The van der Waals surface area contributed by atoms with E-state index in [4.69, 9.17) is 4.74 Å². The van der Waals surface area contributed by atoms with Crippen molar-refractivity contribution in [2.75, 3.05) is 31.6 Å². The summed E-state index contributed by atoms with van der Waals surface area (Å²) in [4.78, 5) is 30.3. The third-order valence-electron chi connectivity index (χ3n) is 4.29. The molecule has 9 heteroatoms. The van der Waals surface area contributed by atoms with Gasteiger partial charge in [-0.3, -0.25) is 9.48 Å². The van der Waals surface area contributed by atoms with Crippen molar-refractivity contribution in [3.63, 3.8) is 0 Å². The summed E-state index contributed by atoms with van der Waals surface area (Å²) in [5.74, 6) is -0.0957. The molecular weight excluding hydrogens is 348 g/mol. The molecule has 1 saturated heterocycles. The number of ether oxygens (including phenoxy) is 1. The molecule has 1 atom stereocenters. The van der Waals surface area contributed by atoms with Crippen molar-refractivity contribution in [1.29, 1.82) is 0 Å². The molecule has 3 rings (SSSR count). The first kappa shape index (κ1) is 18.8. The average molecular weight is 372 g/mol. The summed E-state index contributed by atoms with van der Waals surface area (Å²) in [6.45, 7) is 2.52. The minimum absolute atomic E-state index is 0.0957. The Balaban J connectivity index is 1.44. The minimum atomic E-state index is -0.280. The number of carbonyl (C=O) groups is 2. The maximum atomic E-state index is 12.6. The smallest absolute Gasteiger partial charge is 0.322 e. The van der Waals surface area contributed by atoms with Gasteiger partial charge in [0.2, 0.25) is 5.91 Å². The lowest BCUT2D eigenvalue weighted by atomic mass is 10.1. The van der Waals surface area contributed by atoms with Crippen LogP contribution in [0.1, 0.15) is 12.8 Å². The lowest BCUT2D eigenvalue weighted by Gasteiger charge is -2.35. The number of benzene rings is 1. The molecule has 1 aromatic carbocycles. The van der Waals surface area contributed by atoms with Gasteiger partial charge in [0.25, 0.3) is 0 Å². The minimum Gasteiger partial charge on any atom is -0.377 e. The molecule has 0 bridgehead atoms. The average Bonchev–Trinajstić information content (AvgIpc) is 3.20. The van der Waals surface area contributed by atoms with Crippen LogP contribution in [-0.2, 0) is 16.1 Å². The van der Waals surface area contributed by atoms with Crippen LogP contribution in [0.3, 0.4) is 0 Å². The molecular formula is C18H24N6O3. The molecule has 3 amide bonds. The molecule has 0 radical (unpaired) electrons. The lowest BCUT2D eigenvalue weighted by Crippen LogP contribution is -2.52. The molecule has 1 aromatic heterocycles. The van der Waals surface area contributed by atoms with Crippen molar-refractivity contribution in [2.24, 2.45) is 0 Å². The van der Waals surface area contributed by atoms with Gasteiger partial charge < -0.3 is 20.3 Å². The number of nitrogens with zero attached hydrogens (tertiary/aromatic N) is 4. The number of aryl methyl sites for hydroxylation is 1. The van der Waals surface area contributed by atoms with Gasteiger partial charge in [-0.15, -0.1) is 0 Å². The number of hydrogen-bond acceptors (Lipinski definition) is 5. The summed E-state index contributed by atoms with van der Waals surface area (Å²) in [6, 6.07) is 8.77. The highest BCUT2D eigenvalue weighted by atomic mass is 16.5. The van der Waals surface area contributed by atoms with Crippen molar-refractivity contribution in [3.8, 4) is 0 Å². The molecule has 1 aliphatic rings. The molecule has 27 heavy (non-hydrogen) atoms. The predicted molar refractivity (Wildman–Crippen MR) is 99.0 cm³/mol. The molecule has 9 nitrogen and oxygen atoms in total. The molecule has 0 aliphatic carbocycles. The van der Waals surface area contributed by atoms with Gasteiger partial charge in [-0.25, -0.2) is 9.78 Å². The van der Waals surface area contributed by atoms with Crippen molar-refractivity contribution >= 4 is 17.6 Å². The van der Waals surface area contributed by atoms with E-state index in [9.17, 15) is 9.59 Å². The number of nitrogens with one attached hydrogen (secondary N) is 2. The molecule has 1 unspecified atom stereocenters. The number of para-hydroxylation sites is 1. The summed E-state index contributed by atoms with van der Waals surface area (Å²) in [6.07, 6.45) is 4.10. The Kier molecular flexibility index (Phi) is 6.75. The first-order chi connectivity index (χ1) is 13.2. The normalized spacial score (nSPS) is 16.7. The van der Waals surface area contributed by atoms with Crippen molar-refractivity contribution in [1.82, 2.24) is 25.0 Å². The van der Waals surface area contributed by atoms with Crippen LogP contribution in [0.5, 0.6) is 0 Å². The molecule has 2 heterocycles. The topological polar surface area (TPSA) is 101 Å². The fourth-order valence-electron chi connectivity index (χ4n) is 2.91. The van der Waals surface area contributed by atoms with Gasteiger partial charge in [0.1, 0.15) is 12.7 Å².